The quantitative estimate of drug-likeness (QED) is 0.867. The van der Waals surface area contributed by atoms with E-state index in [1.54, 1.807) is 10.6 Å². The molecule has 2 aromatic heterocycles. The first-order valence-electron chi connectivity index (χ1n) is 6.13. The molecule has 2 heterocycles. The van der Waals surface area contributed by atoms with Crippen LogP contribution in [0.25, 0.3) is 10.2 Å². The SMILES string of the molecule is COC(=O)c1cc2ccsc2n1CC(=O)NC1CC1. The smallest absolute Gasteiger partial charge is 0.354 e. The number of hydrogen-bond donors (Lipinski definition) is 1. The van der Waals surface area contributed by atoms with Crippen molar-refractivity contribution in [2.75, 3.05) is 7.11 Å². The fourth-order valence-corrected chi connectivity index (χ4v) is 2.95. The van der Waals surface area contributed by atoms with E-state index in [0.717, 1.165) is 23.1 Å². The highest BCUT2D eigenvalue weighted by Gasteiger charge is 2.25. The number of rotatable bonds is 4. The van der Waals surface area contributed by atoms with E-state index >= 15 is 0 Å². The molecule has 1 aliphatic rings. The van der Waals surface area contributed by atoms with E-state index < -0.39 is 5.97 Å². The van der Waals surface area contributed by atoms with Crippen molar-refractivity contribution < 1.29 is 14.3 Å². The number of nitrogens with zero attached hydrogens (tertiary/aromatic N) is 1. The van der Waals surface area contributed by atoms with Gasteiger partial charge in [0.05, 0.1) is 7.11 Å². The molecule has 0 aromatic carbocycles. The molecule has 1 amide bonds. The minimum atomic E-state index is -0.414. The third-order valence-electron chi connectivity index (χ3n) is 3.14. The van der Waals surface area contributed by atoms with Crippen LogP contribution in [0.2, 0.25) is 0 Å². The van der Waals surface area contributed by atoms with Gasteiger partial charge in [-0.2, -0.15) is 0 Å². The van der Waals surface area contributed by atoms with Crippen molar-refractivity contribution in [2.45, 2.75) is 25.4 Å². The Hall–Kier alpha value is -1.82. The van der Waals surface area contributed by atoms with Gasteiger partial charge in [0.1, 0.15) is 17.1 Å². The van der Waals surface area contributed by atoms with Crippen LogP contribution in [-0.4, -0.2) is 29.6 Å². The molecule has 6 heteroatoms. The lowest BCUT2D eigenvalue weighted by molar-refractivity contribution is -0.121. The van der Waals surface area contributed by atoms with E-state index in [1.807, 2.05) is 11.4 Å². The van der Waals surface area contributed by atoms with Gasteiger partial charge >= 0.3 is 5.97 Å². The number of fused-ring (bicyclic) bond motifs is 1. The summed E-state index contributed by atoms with van der Waals surface area (Å²) < 4.78 is 6.49. The number of nitrogens with one attached hydrogen (secondary N) is 1. The molecular formula is C13H14N2O3S. The van der Waals surface area contributed by atoms with E-state index in [4.69, 9.17) is 4.74 Å². The number of ether oxygens (including phenoxy) is 1. The molecule has 1 saturated carbocycles. The summed E-state index contributed by atoms with van der Waals surface area (Å²) in [4.78, 5) is 24.6. The first-order valence-corrected chi connectivity index (χ1v) is 7.01. The number of amides is 1. The van der Waals surface area contributed by atoms with E-state index in [-0.39, 0.29) is 12.5 Å². The Bertz CT molecular complexity index is 639. The number of carbonyl (C=O) groups excluding carboxylic acids is 2. The van der Waals surface area contributed by atoms with Crippen molar-refractivity contribution in [3.05, 3.63) is 23.2 Å². The molecule has 0 atom stereocenters. The molecule has 0 aliphatic heterocycles. The maximum atomic E-state index is 11.9. The number of carbonyl (C=O) groups is 2. The molecule has 19 heavy (non-hydrogen) atoms. The Kier molecular flexibility index (Phi) is 3.02. The fraction of sp³-hybridized carbons (Fsp3) is 0.385. The monoisotopic (exact) mass is 278 g/mol. The van der Waals surface area contributed by atoms with Gasteiger partial charge in [-0.05, 0) is 30.4 Å². The summed E-state index contributed by atoms with van der Waals surface area (Å²) in [6, 6.07) is 4.02. The number of aromatic nitrogens is 1. The zero-order valence-electron chi connectivity index (χ0n) is 10.5. The van der Waals surface area contributed by atoms with E-state index in [9.17, 15) is 9.59 Å². The van der Waals surface area contributed by atoms with E-state index in [2.05, 4.69) is 5.32 Å². The molecule has 5 nitrogen and oxygen atoms in total. The third kappa shape index (κ3) is 2.35. The molecular weight excluding hydrogens is 264 g/mol. The second-order valence-corrected chi connectivity index (χ2v) is 5.52. The molecule has 3 rings (SSSR count). The van der Waals surface area contributed by atoms with E-state index in [1.165, 1.54) is 18.4 Å². The Morgan fingerprint density at radius 2 is 2.32 bits per heavy atom. The molecule has 0 spiro atoms. The molecule has 1 N–H and O–H groups in total. The molecule has 0 saturated heterocycles. The van der Waals surface area contributed by atoms with Crippen molar-refractivity contribution in [1.82, 2.24) is 9.88 Å². The van der Waals surface area contributed by atoms with Crippen LogP contribution < -0.4 is 5.32 Å². The Balaban J connectivity index is 1.91. The summed E-state index contributed by atoms with van der Waals surface area (Å²) in [7, 11) is 1.35. The Morgan fingerprint density at radius 1 is 1.53 bits per heavy atom. The first kappa shape index (κ1) is 12.2. The van der Waals surface area contributed by atoms with Crippen molar-refractivity contribution in [3.8, 4) is 0 Å². The standard InChI is InChI=1S/C13H14N2O3S/c1-18-13(17)10-6-8-4-5-19-12(8)15(10)7-11(16)14-9-2-3-9/h4-6,9H,2-3,7H2,1H3,(H,14,16). The maximum absolute atomic E-state index is 11.9. The summed E-state index contributed by atoms with van der Waals surface area (Å²) in [6.45, 7) is 0.158. The van der Waals surface area contributed by atoms with Crippen LogP contribution in [0, 0.1) is 0 Å². The van der Waals surface area contributed by atoms with Gasteiger partial charge in [-0.1, -0.05) is 0 Å². The van der Waals surface area contributed by atoms with Gasteiger partial charge in [0.25, 0.3) is 0 Å². The summed E-state index contributed by atoms with van der Waals surface area (Å²) in [5.74, 6) is -0.471. The van der Waals surface area contributed by atoms with Crippen molar-refractivity contribution >= 4 is 33.4 Å². The summed E-state index contributed by atoms with van der Waals surface area (Å²) in [5.41, 5.74) is 0.426. The van der Waals surface area contributed by atoms with Crippen LogP contribution >= 0.6 is 11.3 Å². The molecule has 2 aromatic rings. The third-order valence-corrected chi connectivity index (χ3v) is 4.09. The minimum Gasteiger partial charge on any atom is -0.464 e. The maximum Gasteiger partial charge on any atom is 0.354 e. The second-order valence-electron chi connectivity index (χ2n) is 4.63. The zero-order valence-corrected chi connectivity index (χ0v) is 11.3. The van der Waals surface area contributed by atoms with Gasteiger partial charge in [-0.15, -0.1) is 11.3 Å². The summed E-state index contributed by atoms with van der Waals surface area (Å²) >= 11 is 1.51. The van der Waals surface area contributed by atoms with E-state index in [0.29, 0.717) is 11.7 Å². The topological polar surface area (TPSA) is 60.3 Å². The average Bonchev–Trinajstić information content (AvgIpc) is 2.97. The Morgan fingerprint density at radius 3 is 3.00 bits per heavy atom. The number of methoxy groups -OCH3 is 1. The highest BCUT2D eigenvalue weighted by Crippen LogP contribution is 2.26. The zero-order chi connectivity index (χ0) is 13.4. The van der Waals surface area contributed by atoms with Gasteiger partial charge in [0.15, 0.2) is 0 Å². The lowest BCUT2D eigenvalue weighted by Gasteiger charge is -2.08. The van der Waals surface area contributed by atoms with Crippen LogP contribution in [0.3, 0.4) is 0 Å². The molecule has 0 bridgehead atoms. The average molecular weight is 278 g/mol. The van der Waals surface area contributed by atoms with Crippen LogP contribution in [0.1, 0.15) is 23.3 Å². The molecule has 0 radical (unpaired) electrons. The second kappa shape index (κ2) is 4.70. The fourth-order valence-electron chi connectivity index (χ4n) is 2.05. The summed E-state index contributed by atoms with van der Waals surface area (Å²) in [6.07, 6.45) is 2.10. The highest BCUT2D eigenvalue weighted by atomic mass is 32.1. The predicted octanol–water partition coefficient (Wildman–Crippen LogP) is 1.77. The molecule has 1 aliphatic carbocycles. The molecule has 0 unspecified atom stereocenters. The van der Waals surface area contributed by atoms with Crippen molar-refractivity contribution in [3.63, 3.8) is 0 Å². The Labute approximate surface area is 114 Å². The van der Waals surface area contributed by atoms with Crippen LogP contribution in [0.4, 0.5) is 0 Å². The van der Waals surface area contributed by atoms with Crippen LogP contribution in [0.5, 0.6) is 0 Å². The predicted molar refractivity (Wildman–Crippen MR) is 72.3 cm³/mol. The lowest BCUT2D eigenvalue weighted by Crippen LogP contribution is -2.30. The number of thiophene rings is 1. The van der Waals surface area contributed by atoms with Crippen LogP contribution in [-0.2, 0) is 16.1 Å². The highest BCUT2D eigenvalue weighted by molar-refractivity contribution is 7.16. The first-order chi connectivity index (χ1) is 9.19. The minimum absolute atomic E-state index is 0.0569. The van der Waals surface area contributed by atoms with Gasteiger partial charge < -0.3 is 14.6 Å². The molecule has 100 valence electrons. The van der Waals surface area contributed by atoms with Crippen molar-refractivity contribution in [1.29, 1.82) is 0 Å². The van der Waals surface area contributed by atoms with Crippen molar-refractivity contribution in [2.24, 2.45) is 0 Å². The summed E-state index contributed by atoms with van der Waals surface area (Å²) in [5, 5.41) is 5.83. The van der Waals surface area contributed by atoms with Gasteiger partial charge in [-0.3, -0.25) is 4.79 Å². The van der Waals surface area contributed by atoms with Gasteiger partial charge in [0, 0.05) is 11.4 Å². The van der Waals surface area contributed by atoms with Gasteiger partial charge in [0.2, 0.25) is 5.91 Å². The lowest BCUT2D eigenvalue weighted by atomic mass is 10.3. The number of esters is 1. The largest absolute Gasteiger partial charge is 0.464 e. The normalized spacial score (nSPS) is 14.6. The number of hydrogen-bond acceptors (Lipinski definition) is 4. The molecule has 1 fully saturated rings. The van der Waals surface area contributed by atoms with Gasteiger partial charge in [-0.25, -0.2) is 4.79 Å². The van der Waals surface area contributed by atoms with Crippen LogP contribution in [0.15, 0.2) is 17.5 Å².